The molecule has 0 bridgehead atoms. The van der Waals surface area contributed by atoms with Crippen molar-refractivity contribution in [1.29, 1.82) is 0 Å². The van der Waals surface area contributed by atoms with Crippen molar-refractivity contribution in [2.75, 3.05) is 11.9 Å². The molecule has 0 aliphatic rings. The minimum absolute atomic E-state index is 0.815. The summed E-state index contributed by atoms with van der Waals surface area (Å²) in [5, 5.41) is 3.20. The predicted molar refractivity (Wildman–Crippen MR) is 64.2 cm³/mol. The minimum atomic E-state index is 0.815. The number of hydrogen-bond acceptors (Lipinski definition) is 4. The number of aromatic nitrogens is 3. The van der Waals surface area contributed by atoms with Crippen LogP contribution in [0, 0.1) is 6.92 Å². The summed E-state index contributed by atoms with van der Waals surface area (Å²) in [6.45, 7) is 4.83. The van der Waals surface area contributed by atoms with Crippen LogP contribution in [0.25, 0.3) is 11.3 Å². The molecule has 0 aliphatic heterocycles. The molecule has 4 heteroatoms. The summed E-state index contributed by atoms with van der Waals surface area (Å²) in [6, 6.07) is 3.95. The third-order valence-corrected chi connectivity index (χ3v) is 2.21. The van der Waals surface area contributed by atoms with E-state index in [1.165, 1.54) is 0 Å². The lowest BCUT2D eigenvalue weighted by atomic mass is 10.1. The van der Waals surface area contributed by atoms with Crippen molar-refractivity contribution >= 4 is 5.82 Å². The van der Waals surface area contributed by atoms with E-state index < -0.39 is 0 Å². The van der Waals surface area contributed by atoms with Gasteiger partial charge in [0.25, 0.3) is 0 Å². The number of rotatable bonds is 3. The molecule has 2 aromatic rings. The Morgan fingerprint density at radius 2 is 1.94 bits per heavy atom. The van der Waals surface area contributed by atoms with Gasteiger partial charge in [-0.25, -0.2) is 4.98 Å². The Balaban J connectivity index is 2.46. The zero-order valence-corrected chi connectivity index (χ0v) is 9.44. The van der Waals surface area contributed by atoms with E-state index >= 15 is 0 Å². The molecule has 0 aromatic carbocycles. The third-order valence-electron chi connectivity index (χ3n) is 2.21. The number of pyridine rings is 1. The minimum Gasteiger partial charge on any atom is -0.369 e. The molecule has 2 aromatic heterocycles. The van der Waals surface area contributed by atoms with E-state index in [1.54, 1.807) is 18.6 Å². The summed E-state index contributed by atoms with van der Waals surface area (Å²) < 4.78 is 0. The molecule has 0 saturated heterocycles. The van der Waals surface area contributed by atoms with Crippen molar-refractivity contribution in [3.8, 4) is 11.3 Å². The van der Waals surface area contributed by atoms with Crippen molar-refractivity contribution in [2.24, 2.45) is 0 Å². The lowest BCUT2D eigenvalue weighted by Crippen LogP contribution is -2.02. The van der Waals surface area contributed by atoms with Gasteiger partial charge in [0.05, 0.1) is 0 Å². The van der Waals surface area contributed by atoms with Gasteiger partial charge >= 0.3 is 0 Å². The first-order valence-electron chi connectivity index (χ1n) is 5.29. The van der Waals surface area contributed by atoms with E-state index in [4.69, 9.17) is 0 Å². The summed E-state index contributed by atoms with van der Waals surface area (Å²) in [5.41, 5.74) is 2.89. The van der Waals surface area contributed by atoms with Crippen molar-refractivity contribution in [2.45, 2.75) is 13.8 Å². The summed E-state index contributed by atoms with van der Waals surface area (Å²) >= 11 is 0. The molecule has 0 radical (unpaired) electrons. The van der Waals surface area contributed by atoms with Crippen molar-refractivity contribution < 1.29 is 0 Å². The quantitative estimate of drug-likeness (QED) is 0.851. The van der Waals surface area contributed by atoms with Gasteiger partial charge in [-0.3, -0.25) is 9.97 Å². The predicted octanol–water partition coefficient (Wildman–Crippen LogP) is 2.28. The van der Waals surface area contributed by atoms with Crippen LogP contribution in [0.2, 0.25) is 0 Å². The zero-order valence-electron chi connectivity index (χ0n) is 9.44. The van der Waals surface area contributed by atoms with Gasteiger partial charge < -0.3 is 5.32 Å². The molecule has 0 spiro atoms. The van der Waals surface area contributed by atoms with Crippen molar-refractivity contribution in [3.63, 3.8) is 0 Å². The van der Waals surface area contributed by atoms with Gasteiger partial charge in [0.1, 0.15) is 5.69 Å². The second-order valence-electron chi connectivity index (χ2n) is 3.47. The van der Waals surface area contributed by atoms with Crippen LogP contribution >= 0.6 is 0 Å². The van der Waals surface area contributed by atoms with Gasteiger partial charge in [-0.05, 0) is 26.0 Å². The van der Waals surface area contributed by atoms with Crippen LogP contribution in [0.1, 0.15) is 12.6 Å². The van der Waals surface area contributed by atoms with Crippen molar-refractivity contribution in [3.05, 3.63) is 36.4 Å². The maximum atomic E-state index is 4.36. The van der Waals surface area contributed by atoms with Crippen LogP contribution in [0.5, 0.6) is 0 Å². The van der Waals surface area contributed by atoms with E-state index in [0.29, 0.717) is 0 Å². The fraction of sp³-hybridized carbons (Fsp3) is 0.250. The van der Waals surface area contributed by atoms with E-state index in [2.05, 4.69) is 20.3 Å². The number of nitrogens with one attached hydrogen (secondary N) is 1. The molecule has 16 heavy (non-hydrogen) atoms. The number of nitrogens with zero attached hydrogens (tertiary/aromatic N) is 3. The summed E-state index contributed by atoms with van der Waals surface area (Å²) in [7, 11) is 0. The molecule has 0 saturated carbocycles. The van der Waals surface area contributed by atoms with Gasteiger partial charge in [0.15, 0.2) is 5.82 Å². The lowest BCUT2D eigenvalue weighted by Gasteiger charge is -2.08. The van der Waals surface area contributed by atoms with Gasteiger partial charge in [-0.1, -0.05) is 0 Å². The average molecular weight is 214 g/mol. The first-order chi connectivity index (χ1) is 7.81. The second kappa shape index (κ2) is 4.70. The van der Waals surface area contributed by atoms with E-state index in [-0.39, 0.29) is 0 Å². The molecule has 0 unspecified atom stereocenters. The molecular weight excluding hydrogens is 200 g/mol. The zero-order chi connectivity index (χ0) is 11.4. The molecule has 0 fully saturated rings. The van der Waals surface area contributed by atoms with Gasteiger partial charge in [0.2, 0.25) is 0 Å². The molecule has 82 valence electrons. The molecule has 0 amide bonds. The average Bonchev–Trinajstić information content (AvgIpc) is 2.30. The van der Waals surface area contributed by atoms with E-state index in [1.807, 2.05) is 26.0 Å². The van der Waals surface area contributed by atoms with E-state index in [9.17, 15) is 0 Å². The number of anilines is 1. The third kappa shape index (κ3) is 2.16. The molecule has 0 aliphatic carbocycles. The van der Waals surface area contributed by atoms with Gasteiger partial charge in [-0.15, -0.1) is 0 Å². The highest BCUT2D eigenvalue weighted by Crippen LogP contribution is 2.22. The Labute approximate surface area is 94.8 Å². The fourth-order valence-corrected chi connectivity index (χ4v) is 1.54. The highest BCUT2D eigenvalue weighted by atomic mass is 15.0. The monoisotopic (exact) mass is 214 g/mol. The van der Waals surface area contributed by atoms with Crippen LogP contribution in [-0.4, -0.2) is 21.5 Å². The first-order valence-corrected chi connectivity index (χ1v) is 5.29. The van der Waals surface area contributed by atoms with Crippen LogP contribution in [0.4, 0.5) is 5.82 Å². The Morgan fingerprint density at radius 1 is 1.12 bits per heavy atom. The molecule has 0 atom stereocenters. The van der Waals surface area contributed by atoms with Gasteiger partial charge in [0, 0.05) is 36.4 Å². The smallest absolute Gasteiger partial charge is 0.152 e. The van der Waals surface area contributed by atoms with Crippen LogP contribution in [0.3, 0.4) is 0 Å². The number of hydrogen-bond donors (Lipinski definition) is 1. The highest BCUT2D eigenvalue weighted by molar-refractivity contribution is 5.70. The fourth-order valence-electron chi connectivity index (χ4n) is 1.54. The summed E-state index contributed by atoms with van der Waals surface area (Å²) in [5.74, 6) is 0.815. The molecule has 1 N–H and O–H groups in total. The van der Waals surface area contributed by atoms with E-state index in [0.717, 1.165) is 29.3 Å². The maximum Gasteiger partial charge on any atom is 0.152 e. The Hall–Kier alpha value is -1.97. The highest BCUT2D eigenvalue weighted by Gasteiger charge is 2.06. The molecule has 2 rings (SSSR count). The molecule has 2 heterocycles. The Morgan fingerprint density at radius 3 is 2.69 bits per heavy atom. The number of aryl methyl sites for hydroxylation is 1. The topological polar surface area (TPSA) is 50.7 Å². The summed E-state index contributed by atoms with van der Waals surface area (Å²) in [6.07, 6.45) is 5.18. The van der Waals surface area contributed by atoms with Crippen molar-refractivity contribution in [1.82, 2.24) is 15.0 Å². The lowest BCUT2D eigenvalue weighted by molar-refractivity contribution is 1.12. The Bertz CT molecular complexity index is 482. The van der Waals surface area contributed by atoms with Gasteiger partial charge in [-0.2, -0.15) is 0 Å². The molecule has 4 nitrogen and oxygen atoms in total. The summed E-state index contributed by atoms with van der Waals surface area (Å²) in [4.78, 5) is 12.8. The maximum absolute atomic E-state index is 4.36. The normalized spacial score (nSPS) is 10.1. The second-order valence-corrected chi connectivity index (χ2v) is 3.47. The largest absolute Gasteiger partial charge is 0.369 e. The standard InChI is InChI=1S/C12H14N4/c1-3-13-12-11(15-6-7-16-12)10-4-5-14-9(2)8-10/h4-8H,3H2,1-2H3,(H,13,16). The van der Waals surface area contributed by atoms with Crippen LogP contribution in [0.15, 0.2) is 30.7 Å². The molecular formula is C12H14N4. The van der Waals surface area contributed by atoms with Crippen LogP contribution < -0.4 is 5.32 Å². The first kappa shape index (κ1) is 10.5. The Kier molecular flexibility index (Phi) is 3.10. The SMILES string of the molecule is CCNc1nccnc1-c1ccnc(C)c1. The van der Waals surface area contributed by atoms with Crippen LogP contribution in [-0.2, 0) is 0 Å².